The molecule has 3 N–H and O–H groups in total. The summed E-state index contributed by atoms with van der Waals surface area (Å²) in [5.41, 5.74) is 6.66. The van der Waals surface area contributed by atoms with E-state index < -0.39 is 22.0 Å². The number of hydrogen-bond donors (Lipinski definition) is 2. The van der Waals surface area contributed by atoms with Crippen molar-refractivity contribution >= 4 is 15.9 Å². The van der Waals surface area contributed by atoms with Crippen LogP contribution in [0.15, 0.2) is 59.6 Å². The number of nitrogens with zero attached hydrogens (tertiary/aromatic N) is 3. The minimum Gasteiger partial charge on any atom is -0.494 e. The van der Waals surface area contributed by atoms with E-state index in [0.717, 1.165) is 5.56 Å². The number of benzene rings is 2. The van der Waals surface area contributed by atoms with Gasteiger partial charge >= 0.3 is 0 Å². The van der Waals surface area contributed by atoms with Gasteiger partial charge in [-0.3, -0.25) is 4.79 Å². The SMILES string of the molecule is CCOc1ccc(S(=O)(=O)N[C@@H](C)c2ccc(-n3cc(C(N)=O)nn3)cc2)cc1. The van der Waals surface area contributed by atoms with Gasteiger partial charge in [-0.15, -0.1) is 5.10 Å². The van der Waals surface area contributed by atoms with Crippen molar-refractivity contribution in [3.8, 4) is 11.4 Å². The van der Waals surface area contributed by atoms with Crippen LogP contribution in [0.1, 0.15) is 35.9 Å². The molecule has 0 saturated heterocycles. The Morgan fingerprint density at radius 1 is 1.17 bits per heavy atom. The van der Waals surface area contributed by atoms with Crippen molar-refractivity contribution in [3.63, 3.8) is 0 Å². The maximum atomic E-state index is 12.6. The molecule has 29 heavy (non-hydrogen) atoms. The first-order valence-electron chi connectivity index (χ1n) is 8.88. The van der Waals surface area contributed by atoms with Gasteiger partial charge in [-0.05, 0) is 55.8 Å². The number of hydrogen-bond acceptors (Lipinski definition) is 6. The van der Waals surface area contributed by atoms with Crippen molar-refractivity contribution in [1.82, 2.24) is 19.7 Å². The highest BCUT2D eigenvalue weighted by molar-refractivity contribution is 7.89. The second-order valence-electron chi connectivity index (χ2n) is 6.25. The zero-order chi connectivity index (χ0) is 21.0. The minimum absolute atomic E-state index is 0.0607. The molecule has 0 aliphatic carbocycles. The maximum absolute atomic E-state index is 12.6. The first-order valence-corrected chi connectivity index (χ1v) is 10.4. The number of primary amides is 1. The highest BCUT2D eigenvalue weighted by Crippen LogP contribution is 2.20. The third-order valence-corrected chi connectivity index (χ3v) is 5.74. The molecule has 1 heterocycles. The van der Waals surface area contributed by atoms with Gasteiger partial charge in [-0.1, -0.05) is 17.3 Å². The number of nitrogens with one attached hydrogen (secondary N) is 1. The predicted octanol–water partition coefficient (Wildman–Crippen LogP) is 1.80. The summed E-state index contributed by atoms with van der Waals surface area (Å²) < 4.78 is 34.6. The van der Waals surface area contributed by atoms with Gasteiger partial charge in [0.1, 0.15) is 5.75 Å². The Morgan fingerprint density at radius 2 is 1.83 bits per heavy atom. The average molecular weight is 415 g/mol. The van der Waals surface area contributed by atoms with Crippen LogP contribution in [-0.4, -0.2) is 35.9 Å². The quantitative estimate of drug-likeness (QED) is 0.577. The van der Waals surface area contributed by atoms with Crippen molar-refractivity contribution in [2.45, 2.75) is 24.8 Å². The van der Waals surface area contributed by atoms with Crippen LogP contribution in [0.25, 0.3) is 5.69 Å². The molecule has 9 nitrogen and oxygen atoms in total. The highest BCUT2D eigenvalue weighted by Gasteiger charge is 2.18. The van der Waals surface area contributed by atoms with E-state index in [9.17, 15) is 13.2 Å². The van der Waals surface area contributed by atoms with Crippen LogP contribution in [-0.2, 0) is 10.0 Å². The molecule has 0 fully saturated rings. The van der Waals surface area contributed by atoms with Crippen molar-refractivity contribution in [3.05, 3.63) is 66.0 Å². The van der Waals surface area contributed by atoms with Crippen molar-refractivity contribution in [2.75, 3.05) is 6.61 Å². The fraction of sp³-hybridized carbons (Fsp3) is 0.211. The van der Waals surface area contributed by atoms with Crippen LogP contribution in [0, 0.1) is 0 Å². The Morgan fingerprint density at radius 3 is 2.38 bits per heavy atom. The van der Waals surface area contributed by atoms with Gasteiger partial charge in [0.25, 0.3) is 5.91 Å². The van der Waals surface area contributed by atoms with Gasteiger partial charge in [0, 0.05) is 6.04 Å². The van der Waals surface area contributed by atoms with Crippen molar-refractivity contribution < 1.29 is 17.9 Å². The molecule has 0 radical (unpaired) electrons. The van der Waals surface area contributed by atoms with E-state index in [1.165, 1.54) is 23.0 Å². The van der Waals surface area contributed by atoms with E-state index in [1.807, 2.05) is 6.92 Å². The smallest absolute Gasteiger partial charge is 0.270 e. The van der Waals surface area contributed by atoms with E-state index in [4.69, 9.17) is 10.5 Å². The third kappa shape index (κ3) is 4.79. The molecule has 2 aromatic carbocycles. The molecule has 0 saturated carbocycles. The van der Waals surface area contributed by atoms with Gasteiger partial charge in [-0.25, -0.2) is 17.8 Å². The summed E-state index contributed by atoms with van der Waals surface area (Å²) in [6, 6.07) is 12.8. The van der Waals surface area contributed by atoms with Crippen LogP contribution in [0.3, 0.4) is 0 Å². The fourth-order valence-electron chi connectivity index (χ4n) is 2.67. The first kappa shape index (κ1) is 20.5. The lowest BCUT2D eigenvalue weighted by Crippen LogP contribution is -2.26. The van der Waals surface area contributed by atoms with Crippen LogP contribution in [0.4, 0.5) is 0 Å². The highest BCUT2D eigenvalue weighted by atomic mass is 32.2. The Kier molecular flexibility index (Phi) is 5.95. The molecule has 0 unspecified atom stereocenters. The number of aromatic nitrogens is 3. The number of amides is 1. The largest absolute Gasteiger partial charge is 0.494 e. The summed E-state index contributed by atoms with van der Waals surface area (Å²) in [5, 5.41) is 7.53. The van der Waals surface area contributed by atoms with Crippen LogP contribution in [0.2, 0.25) is 0 Å². The second kappa shape index (κ2) is 8.41. The molecule has 3 rings (SSSR count). The second-order valence-corrected chi connectivity index (χ2v) is 7.97. The Hall–Kier alpha value is -3.24. The zero-order valence-corrected chi connectivity index (χ0v) is 16.8. The van der Waals surface area contributed by atoms with Gasteiger partial charge in [0.15, 0.2) is 5.69 Å². The summed E-state index contributed by atoms with van der Waals surface area (Å²) in [5.74, 6) is -0.0483. The lowest BCUT2D eigenvalue weighted by atomic mass is 10.1. The van der Waals surface area contributed by atoms with Gasteiger partial charge < -0.3 is 10.5 Å². The Bertz CT molecular complexity index is 1090. The van der Waals surface area contributed by atoms with E-state index in [-0.39, 0.29) is 10.6 Å². The molecule has 1 amide bonds. The molecule has 1 aromatic heterocycles. The van der Waals surface area contributed by atoms with Crippen LogP contribution in [0.5, 0.6) is 5.75 Å². The molecular formula is C19H21N5O4S. The summed E-state index contributed by atoms with van der Waals surface area (Å²) in [7, 11) is -3.69. The Balaban J connectivity index is 1.72. The maximum Gasteiger partial charge on any atom is 0.270 e. The first-order chi connectivity index (χ1) is 13.8. The average Bonchev–Trinajstić information content (AvgIpc) is 3.19. The third-order valence-electron chi connectivity index (χ3n) is 4.18. The summed E-state index contributed by atoms with van der Waals surface area (Å²) >= 11 is 0. The summed E-state index contributed by atoms with van der Waals surface area (Å²) in [6.07, 6.45) is 1.43. The Labute approximate surface area is 168 Å². The fourth-order valence-corrected chi connectivity index (χ4v) is 3.90. The number of sulfonamides is 1. The minimum atomic E-state index is -3.69. The molecule has 1 atom stereocenters. The summed E-state index contributed by atoms with van der Waals surface area (Å²) in [6.45, 7) is 4.12. The predicted molar refractivity (Wildman–Crippen MR) is 106 cm³/mol. The van der Waals surface area contributed by atoms with Gasteiger partial charge in [0.05, 0.1) is 23.4 Å². The van der Waals surface area contributed by atoms with Gasteiger partial charge in [-0.2, -0.15) is 0 Å². The summed E-state index contributed by atoms with van der Waals surface area (Å²) in [4.78, 5) is 11.3. The lowest BCUT2D eigenvalue weighted by molar-refractivity contribution is 0.0995. The van der Waals surface area contributed by atoms with Gasteiger partial charge in [0.2, 0.25) is 10.0 Å². The molecule has 0 bridgehead atoms. The molecule has 3 aromatic rings. The zero-order valence-electron chi connectivity index (χ0n) is 15.9. The normalized spacial score (nSPS) is 12.5. The molecule has 10 heteroatoms. The number of rotatable bonds is 8. The van der Waals surface area contributed by atoms with Crippen molar-refractivity contribution in [1.29, 1.82) is 0 Å². The molecule has 0 aliphatic rings. The monoisotopic (exact) mass is 415 g/mol. The van der Waals surface area contributed by atoms with Crippen molar-refractivity contribution in [2.24, 2.45) is 5.73 Å². The van der Waals surface area contributed by atoms with Crippen LogP contribution >= 0.6 is 0 Å². The lowest BCUT2D eigenvalue weighted by Gasteiger charge is -2.15. The number of carbonyl (C=O) groups excluding carboxylic acids is 1. The number of carbonyl (C=O) groups is 1. The van der Waals surface area contributed by atoms with E-state index in [1.54, 1.807) is 43.3 Å². The standard InChI is InChI=1S/C19H21N5O4S/c1-3-28-16-8-10-17(11-9-16)29(26,27)22-13(2)14-4-6-15(7-5-14)24-12-18(19(20)25)21-23-24/h4-13,22H,3H2,1-2H3,(H2,20,25)/t13-/m0/s1. The topological polar surface area (TPSA) is 129 Å². The molecule has 152 valence electrons. The van der Waals surface area contributed by atoms with E-state index in [2.05, 4.69) is 15.0 Å². The molecular weight excluding hydrogens is 394 g/mol. The van der Waals surface area contributed by atoms with E-state index in [0.29, 0.717) is 18.0 Å². The van der Waals surface area contributed by atoms with Crippen LogP contribution < -0.4 is 15.2 Å². The van der Waals surface area contributed by atoms with E-state index >= 15 is 0 Å². The molecule has 0 aliphatic heterocycles. The molecule has 0 spiro atoms. The number of nitrogens with two attached hydrogens (primary N) is 1. The number of ether oxygens (including phenoxy) is 1.